The minimum absolute atomic E-state index is 0.0353. The summed E-state index contributed by atoms with van der Waals surface area (Å²) in [5.41, 5.74) is 0.899. The van der Waals surface area contributed by atoms with Gasteiger partial charge in [0.05, 0.1) is 5.56 Å². The number of aromatic nitrogens is 1. The van der Waals surface area contributed by atoms with E-state index in [1.165, 1.54) is 25.7 Å². The Kier molecular flexibility index (Phi) is 3.82. The molecule has 1 amide bonds. The highest BCUT2D eigenvalue weighted by atomic mass is 79.9. The van der Waals surface area contributed by atoms with Crippen LogP contribution in [0.4, 0.5) is 0 Å². The van der Waals surface area contributed by atoms with Crippen molar-refractivity contribution in [3.8, 4) is 0 Å². The summed E-state index contributed by atoms with van der Waals surface area (Å²) in [6, 6.07) is 1.79. The summed E-state index contributed by atoms with van der Waals surface area (Å²) in [4.78, 5) is 15.9. The molecule has 92 valence electrons. The third-order valence-corrected chi connectivity index (χ3v) is 3.89. The smallest absolute Gasteiger partial charge is 0.252 e. The molecular weight excluding hydrogens is 280 g/mol. The molecule has 0 unspecified atom stereocenters. The molecule has 17 heavy (non-hydrogen) atoms. The molecule has 0 bridgehead atoms. The third-order valence-electron chi connectivity index (χ3n) is 3.45. The van der Waals surface area contributed by atoms with Crippen LogP contribution < -0.4 is 5.32 Å². The van der Waals surface area contributed by atoms with Gasteiger partial charge in [0.25, 0.3) is 5.91 Å². The van der Waals surface area contributed by atoms with E-state index < -0.39 is 0 Å². The van der Waals surface area contributed by atoms with Crippen molar-refractivity contribution < 1.29 is 4.79 Å². The lowest BCUT2D eigenvalue weighted by molar-refractivity contribution is 0.0934. The van der Waals surface area contributed by atoms with Gasteiger partial charge in [-0.05, 0) is 40.3 Å². The van der Waals surface area contributed by atoms with Crippen molar-refractivity contribution in [2.24, 2.45) is 5.41 Å². The lowest BCUT2D eigenvalue weighted by atomic mass is 9.89. The molecule has 4 heteroatoms. The van der Waals surface area contributed by atoms with Crippen molar-refractivity contribution in [1.29, 1.82) is 0 Å². The van der Waals surface area contributed by atoms with Crippen LogP contribution in [0.15, 0.2) is 22.9 Å². The largest absolute Gasteiger partial charge is 0.351 e. The Bertz CT molecular complexity index is 414. The summed E-state index contributed by atoms with van der Waals surface area (Å²) in [5, 5.41) is 3.01. The van der Waals surface area contributed by atoms with Crippen molar-refractivity contribution in [2.45, 2.75) is 32.6 Å². The molecule has 1 N–H and O–H groups in total. The minimum Gasteiger partial charge on any atom is -0.351 e. The molecule has 0 radical (unpaired) electrons. The molecular formula is C13H17BrN2O. The fourth-order valence-electron chi connectivity index (χ4n) is 2.34. The van der Waals surface area contributed by atoms with Crippen LogP contribution >= 0.6 is 15.9 Å². The number of nitrogens with one attached hydrogen (secondary N) is 1. The molecule has 1 saturated carbocycles. The van der Waals surface area contributed by atoms with Crippen LogP contribution in [-0.4, -0.2) is 17.4 Å². The second-order valence-corrected chi connectivity index (χ2v) is 6.01. The van der Waals surface area contributed by atoms with E-state index in [1.807, 2.05) is 0 Å². The van der Waals surface area contributed by atoms with Gasteiger partial charge in [-0.3, -0.25) is 9.78 Å². The van der Waals surface area contributed by atoms with Crippen LogP contribution in [0.5, 0.6) is 0 Å². The molecule has 1 fully saturated rings. The first-order chi connectivity index (χ1) is 8.09. The molecule has 1 heterocycles. The number of rotatable bonds is 3. The van der Waals surface area contributed by atoms with Crippen LogP contribution in [0.25, 0.3) is 0 Å². The second kappa shape index (κ2) is 5.17. The van der Waals surface area contributed by atoms with Crippen LogP contribution in [-0.2, 0) is 0 Å². The lowest BCUT2D eigenvalue weighted by Gasteiger charge is -2.23. The summed E-state index contributed by atoms with van der Waals surface area (Å²) in [7, 11) is 0. The zero-order valence-electron chi connectivity index (χ0n) is 10.0. The predicted octanol–water partition coefficient (Wildman–Crippen LogP) is 3.15. The van der Waals surface area contributed by atoms with Crippen molar-refractivity contribution in [3.63, 3.8) is 0 Å². The third kappa shape index (κ3) is 3.28. The van der Waals surface area contributed by atoms with Crippen LogP contribution in [0.1, 0.15) is 43.0 Å². The number of nitrogens with zero attached hydrogens (tertiary/aromatic N) is 1. The average molecular weight is 297 g/mol. The Balaban J connectivity index is 1.93. The number of carbonyl (C=O) groups excluding carboxylic acids is 1. The molecule has 0 saturated heterocycles. The zero-order valence-corrected chi connectivity index (χ0v) is 11.6. The Morgan fingerprint density at radius 2 is 2.18 bits per heavy atom. The SMILES string of the molecule is CC1(CNC(=O)c2cncc(Br)c2)CCCC1. The maximum absolute atomic E-state index is 11.9. The fraction of sp³-hybridized carbons (Fsp3) is 0.538. The molecule has 1 aliphatic carbocycles. The minimum atomic E-state index is -0.0353. The van der Waals surface area contributed by atoms with E-state index in [0.717, 1.165) is 11.0 Å². The molecule has 2 rings (SSSR count). The summed E-state index contributed by atoms with van der Waals surface area (Å²) >= 11 is 3.32. The van der Waals surface area contributed by atoms with Gasteiger partial charge in [-0.2, -0.15) is 0 Å². The Morgan fingerprint density at radius 1 is 1.47 bits per heavy atom. The van der Waals surface area contributed by atoms with Gasteiger partial charge in [0.15, 0.2) is 0 Å². The van der Waals surface area contributed by atoms with Crippen LogP contribution in [0, 0.1) is 5.41 Å². The summed E-state index contributed by atoms with van der Waals surface area (Å²) in [6.45, 7) is 3.01. The van der Waals surface area contributed by atoms with Gasteiger partial charge in [0.2, 0.25) is 0 Å². The fourth-order valence-corrected chi connectivity index (χ4v) is 2.70. The van der Waals surface area contributed by atoms with Crippen LogP contribution in [0.3, 0.4) is 0 Å². The standard InChI is InChI=1S/C13H17BrN2O/c1-13(4-2-3-5-13)9-16-12(17)10-6-11(14)8-15-7-10/h6-8H,2-5,9H2,1H3,(H,16,17). The Labute approximate surface area is 110 Å². The number of amides is 1. The van der Waals surface area contributed by atoms with E-state index in [-0.39, 0.29) is 11.3 Å². The average Bonchev–Trinajstić information content (AvgIpc) is 2.74. The highest BCUT2D eigenvalue weighted by molar-refractivity contribution is 9.10. The highest BCUT2D eigenvalue weighted by Crippen LogP contribution is 2.36. The van der Waals surface area contributed by atoms with E-state index >= 15 is 0 Å². The molecule has 0 aliphatic heterocycles. The van der Waals surface area contributed by atoms with Gasteiger partial charge in [-0.1, -0.05) is 19.8 Å². The van der Waals surface area contributed by atoms with Crippen molar-refractivity contribution in [3.05, 3.63) is 28.5 Å². The molecule has 0 aromatic carbocycles. The van der Waals surface area contributed by atoms with Gasteiger partial charge in [-0.15, -0.1) is 0 Å². The van der Waals surface area contributed by atoms with Crippen molar-refractivity contribution in [1.82, 2.24) is 10.3 Å². The van der Waals surface area contributed by atoms with Gasteiger partial charge < -0.3 is 5.32 Å². The molecule has 0 spiro atoms. The van der Waals surface area contributed by atoms with E-state index in [4.69, 9.17) is 0 Å². The van der Waals surface area contributed by atoms with Crippen LogP contribution in [0.2, 0.25) is 0 Å². The predicted molar refractivity (Wildman–Crippen MR) is 70.8 cm³/mol. The highest BCUT2D eigenvalue weighted by Gasteiger charge is 2.28. The molecule has 0 atom stereocenters. The van der Waals surface area contributed by atoms with Crippen molar-refractivity contribution >= 4 is 21.8 Å². The molecule has 1 aromatic heterocycles. The number of carbonyl (C=O) groups is 1. The first-order valence-electron chi connectivity index (χ1n) is 5.98. The van der Waals surface area contributed by atoms with Gasteiger partial charge in [-0.25, -0.2) is 0 Å². The molecule has 3 nitrogen and oxygen atoms in total. The number of hydrogen-bond acceptors (Lipinski definition) is 2. The number of pyridine rings is 1. The Morgan fingerprint density at radius 3 is 2.82 bits per heavy atom. The monoisotopic (exact) mass is 296 g/mol. The van der Waals surface area contributed by atoms with Gasteiger partial charge in [0.1, 0.15) is 0 Å². The van der Waals surface area contributed by atoms with Gasteiger partial charge in [0, 0.05) is 23.4 Å². The topological polar surface area (TPSA) is 42.0 Å². The quantitative estimate of drug-likeness (QED) is 0.931. The second-order valence-electron chi connectivity index (χ2n) is 5.09. The first-order valence-corrected chi connectivity index (χ1v) is 6.77. The summed E-state index contributed by atoms with van der Waals surface area (Å²) in [6.07, 6.45) is 8.26. The number of halogens is 1. The summed E-state index contributed by atoms with van der Waals surface area (Å²) in [5.74, 6) is -0.0353. The van der Waals surface area contributed by atoms with Gasteiger partial charge >= 0.3 is 0 Å². The molecule has 1 aliphatic rings. The Hall–Kier alpha value is -0.900. The normalized spacial score (nSPS) is 18.0. The molecule has 1 aromatic rings. The van der Waals surface area contributed by atoms with Crippen molar-refractivity contribution in [2.75, 3.05) is 6.54 Å². The summed E-state index contributed by atoms with van der Waals surface area (Å²) < 4.78 is 0.831. The number of hydrogen-bond donors (Lipinski definition) is 1. The maximum atomic E-state index is 11.9. The zero-order chi connectivity index (χ0) is 12.3. The lowest BCUT2D eigenvalue weighted by Crippen LogP contribution is -2.34. The van der Waals surface area contributed by atoms with E-state index in [1.54, 1.807) is 18.5 Å². The van der Waals surface area contributed by atoms with E-state index in [2.05, 4.69) is 33.2 Å². The first kappa shape index (κ1) is 12.6. The van der Waals surface area contributed by atoms with E-state index in [9.17, 15) is 4.79 Å². The maximum Gasteiger partial charge on any atom is 0.252 e. The van der Waals surface area contributed by atoms with E-state index in [0.29, 0.717) is 5.56 Å².